The lowest BCUT2D eigenvalue weighted by atomic mass is 9.81. The molecule has 1 N–H and O–H groups in total. The van der Waals surface area contributed by atoms with Crippen LogP contribution in [0.15, 0.2) is 0 Å². The molecular formula is C14H29N. The molecule has 1 nitrogen and oxygen atoms in total. The lowest BCUT2D eigenvalue weighted by Crippen LogP contribution is -2.47. The van der Waals surface area contributed by atoms with Gasteiger partial charge in [0.1, 0.15) is 0 Å². The third-order valence-corrected chi connectivity index (χ3v) is 3.26. The molecule has 0 saturated heterocycles. The van der Waals surface area contributed by atoms with Crippen LogP contribution in [-0.2, 0) is 0 Å². The Morgan fingerprint density at radius 1 is 1.07 bits per heavy atom. The van der Waals surface area contributed by atoms with E-state index in [9.17, 15) is 0 Å². The fourth-order valence-corrected chi connectivity index (χ4v) is 3.27. The summed E-state index contributed by atoms with van der Waals surface area (Å²) in [5.41, 5.74) is 0.702. The zero-order chi connectivity index (χ0) is 11.7. The second-order valence-corrected chi connectivity index (χ2v) is 7.38. The standard InChI is InChI=1S/C14H29N/c1-11-7-8-12(9-11)15-14(5,6)10-13(2,3)4/h11-12,15H,7-10H2,1-6H3. The molecule has 0 radical (unpaired) electrons. The summed E-state index contributed by atoms with van der Waals surface area (Å²) < 4.78 is 0. The first kappa shape index (κ1) is 13.0. The maximum absolute atomic E-state index is 3.84. The molecule has 0 bridgehead atoms. The maximum atomic E-state index is 3.84. The Hall–Kier alpha value is -0.0400. The molecule has 1 saturated carbocycles. The molecule has 2 unspecified atom stereocenters. The molecule has 0 amide bonds. The van der Waals surface area contributed by atoms with Crippen molar-refractivity contribution in [3.63, 3.8) is 0 Å². The monoisotopic (exact) mass is 211 g/mol. The van der Waals surface area contributed by atoms with Crippen molar-refractivity contribution in [2.75, 3.05) is 0 Å². The predicted molar refractivity (Wildman–Crippen MR) is 68.1 cm³/mol. The molecule has 15 heavy (non-hydrogen) atoms. The quantitative estimate of drug-likeness (QED) is 0.744. The highest BCUT2D eigenvalue weighted by Gasteiger charge is 2.30. The minimum atomic E-state index is 0.285. The van der Waals surface area contributed by atoms with E-state index in [2.05, 4.69) is 46.9 Å². The summed E-state index contributed by atoms with van der Waals surface area (Å²) in [4.78, 5) is 0. The summed E-state index contributed by atoms with van der Waals surface area (Å²) in [6, 6.07) is 0.761. The first-order chi connectivity index (χ1) is 6.68. The molecule has 1 aliphatic rings. The third-order valence-electron chi connectivity index (χ3n) is 3.26. The summed E-state index contributed by atoms with van der Waals surface area (Å²) in [5, 5.41) is 3.84. The van der Waals surface area contributed by atoms with Gasteiger partial charge in [0.25, 0.3) is 0 Å². The van der Waals surface area contributed by atoms with Gasteiger partial charge in [0.2, 0.25) is 0 Å². The fourth-order valence-electron chi connectivity index (χ4n) is 3.27. The SMILES string of the molecule is CC1CCC(NC(C)(C)CC(C)(C)C)C1. The summed E-state index contributed by atoms with van der Waals surface area (Å²) >= 11 is 0. The van der Waals surface area contributed by atoms with Gasteiger partial charge >= 0.3 is 0 Å². The molecule has 0 aromatic heterocycles. The molecule has 0 spiro atoms. The van der Waals surface area contributed by atoms with Crippen LogP contribution < -0.4 is 5.32 Å². The average Bonchev–Trinajstić information content (AvgIpc) is 2.27. The van der Waals surface area contributed by atoms with Crippen LogP contribution in [-0.4, -0.2) is 11.6 Å². The molecule has 0 heterocycles. The van der Waals surface area contributed by atoms with E-state index in [-0.39, 0.29) is 5.54 Å². The van der Waals surface area contributed by atoms with Gasteiger partial charge in [-0.25, -0.2) is 0 Å². The Bertz CT molecular complexity index is 200. The number of rotatable bonds is 3. The van der Waals surface area contributed by atoms with E-state index in [4.69, 9.17) is 0 Å². The van der Waals surface area contributed by atoms with E-state index in [1.807, 2.05) is 0 Å². The summed E-state index contributed by atoms with van der Waals surface area (Å²) in [5.74, 6) is 0.924. The predicted octanol–water partition coefficient (Wildman–Crippen LogP) is 3.98. The Morgan fingerprint density at radius 2 is 1.67 bits per heavy atom. The van der Waals surface area contributed by atoms with Gasteiger partial charge in [-0.2, -0.15) is 0 Å². The molecule has 0 aliphatic heterocycles. The zero-order valence-electron chi connectivity index (χ0n) is 11.5. The smallest absolute Gasteiger partial charge is 0.0132 e. The summed E-state index contributed by atoms with van der Waals surface area (Å²) in [6.45, 7) is 14.1. The minimum absolute atomic E-state index is 0.285. The third kappa shape index (κ3) is 5.01. The molecule has 1 heteroatoms. The van der Waals surface area contributed by atoms with E-state index >= 15 is 0 Å². The molecule has 0 aromatic rings. The van der Waals surface area contributed by atoms with Crippen molar-refractivity contribution in [3.8, 4) is 0 Å². The minimum Gasteiger partial charge on any atom is -0.309 e. The molecule has 2 atom stereocenters. The topological polar surface area (TPSA) is 12.0 Å². The van der Waals surface area contributed by atoms with Crippen LogP contribution in [0.4, 0.5) is 0 Å². The molecule has 1 aliphatic carbocycles. The number of hydrogen-bond donors (Lipinski definition) is 1. The van der Waals surface area contributed by atoms with E-state index in [0.717, 1.165) is 12.0 Å². The first-order valence-electron chi connectivity index (χ1n) is 6.46. The highest BCUT2D eigenvalue weighted by molar-refractivity contribution is 4.89. The number of nitrogens with one attached hydrogen (secondary N) is 1. The van der Waals surface area contributed by atoms with Crippen molar-refractivity contribution < 1.29 is 0 Å². The van der Waals surface area contributed by atoms with Gasteiger partial charge in [0, 0.05) is 11.6 Å². The lowest BCUT2D eigenvalue weighted by molar-refractivity contribution is 0.221. The average molecular weight is 211 g/mol. The van der Waals surface area contributed by atoms with Gasteiger partial charge in [0.15, 0.2) is 0 Å². The van der Waals surface area contributed by atoms with E-state index in [1.165, 1.54) is 25.7 Å². The van der Waals surface area contributed by atoms with Crippen LogP contribution in [0.1, 0.15) is 67.2 Å². The Morgan fingerprint density at radius 3 is 2.07 bits per heavy atom. The van der Waals surface area contributed by atoms with Crippen molar-refractivity contribution >= 4 is 0 Å². The van der Waals surface area contributed by atoms with Crippen molar-refractivity contribution in [1.29, 1.82) is 0 Å². The Labute approximate surface area is 96.0 Å². The van der Waals surface area contributed by atoms with Crippen LogP contribution in [0.5, 0.6) is 0 Å². The van der Waals surface area contributed by atoms with E-state index < -0.39 is 0 Å². The fraction of sp³-hybridized carbons (Fsp3) is 1.00. The Kier molecular flexibility index (Phi) is 3.86. The second kappa shape index (κ2) is 4.45. The zero-order valence-corrected chi connectivity index (χ0v) is 11.5. The van der Waals surface area contributed by atoms with Crippen LogP contribution in [0.25, 0.3) is 0 Å². The van der Waals surface area contributed by atoms with Crippen molar-refractivity contribution in [1.82, 2.24) is 5.32 Å². The van der Waals surface area contributed by atoms with Gasteiger partial charge in [0.05, 0.1) is 0 Å². The van der Waals surface area contributed by atoms with E-state index in [0.29, 0.717) is 5.41 Å². The van der Waals surface area contributed by atoms with Crippen LogP contribution in [0, 0.1) is 11.3 Å². The summed E-state index contributed by atoms with van der Waals surface area (Å²) in [6.07, 6.45) is 5.39. The molecule has 90 valence electrons. The van der Waals surface area contributed by atoms with Crippen molar-refractivity contribution in [2.45, 2.75) is 78.8 Å². The highest BCUT2D eigenvalue weighted by atomic mass is 15.0. The van der Waals surface area contributed by atoms with E-state index in [1.54, 1.807) is 0 Å². The van der Waals surface area contributed by atoms with Gasteiger partial charge in [-0.15, -0.1) is 0 Å². The summed E-state index contributed by atoms with van der Waals surface area (Å²) in [7, 11) is 0. The van der Waals surface area contributed by atoms with Gasteiger partial charge in [-0.05, 0) is 50.9 Å². The van der Waals surface area contributed by atoms with Gasteiger partial charge in [-0.3, -0.25) is 0 Å². The normalized spacial score (nSPS) is 28.4. The molecule has 1 rings (SSSR count). The van der Waals surface area contributed by atoms with Crippen LogP contribution in [0.3, 0.4) is 0 Å². The molecule has 1 fully saturated rings. The molecular weight excluding hydrogens is 182 g/mol. The molecule has 0 aromatic carbocycles. The van der Waals surface area contributed by atoms with Crippen molar-refractivity contribution in [2.24, 2.45) is 11.3 Å². The first-order valence-corrected chi connectivity index (χ1v) is 6.46. The van der Waals surface area contributed by atoms with Crippen molar-refractivity contribution in [3.05, 3.63) is 0 Å². The number of hydrogen-bond acceptors (Lipinski definition) is 1. The largest absolute Gasteiger partial charge is 0.309 e. The highest BCUT2D eigenvalue weighted by Crippen LogP contribution is 2.31. The van der Waals surface area contributed by atoms with Gasteiger partial charge in [-0.1, -0.05) is 27.7 Å². The second-order valence-electron chi connectivity index (χ2n) is 7.38. The maximum Gasteiger partial charge on any atom is 0.0132 e. The lowest BCUT2D eigenvalue weighted by Gasteiger charge is -2.36. The van der Waals surface area contributed by atoms with Gasteiger partial charge < -0.3 is 5.32 Å². The van der Waals surface area contributed by atoms with Crippen LogP contribution in [0.2, 0.25) is 0 Å². The van der Waals surface area contributed by atoms with Crippen LogP contribution >= 0.6 is 0 Å². The Balaban J connectivity index is 2.42.